The van der Waals surface area contributed by atoms with Gasteiger partial charge in [-0.05, 0) is 30.7 Å². The molecule has 0 spiro atoms. The Kier molecular flexibility index (Phi) is 4.77. The highest BCUT2D eigenvalue weighted by molar-refractivity contribution is 7.92. The van der Waals surface area contributed by atoms with Crippen LogP contribution in [0.25, 0.3) is 0 Å². The monoisotopic (exact) mass is 319 g/mol. The first-order chi connectivity index (χ1) is 10.4. The molecule has 22 heavy (non-hydrogen) atoms. The van der Waals surface area contributed by atoms with E-state index >= 15 is 0 Å². The molecule has 0 fully saturated rings. The highest BCUT2D eigenvalue weighted by atomic mass is 32.2. The van der Waals surface area contributed by atoms with Crippen molar-refractivity contribution in [3.8, 4) is 0 Å². The minimum absolute atomic E-state index is 0.293. The van der Waals surface area contributed by atoms with E-state index in [2.05, 4.69) is 10.3 Å². The van der Waals surface area contributed by atoms with Crippen molar-refractivity contribution in [2.24, 2.45) is 0 Å². The third kappa shape index (κ3) is 4.05. The molecule has 0 saturated carbocycles. The van der Waals surface area contributed by atoms with Crippen LogP contribution in [0.15, 0.2) is 48.8 Å². The zero-order chi connectivity index (χ0) is 16.2. The fourth-order valence-electron chi connectivity index (χ4n) is 1.99. The van der Waals surface area contributed by atoms with Gasteiger partial charge in [0.1, 0.15) is 6.54 Å². The maximum absolute atomic E-state index is 12.1. The standard InChI is InChI=1S/C15H17N3O3S/c1-12-6-3-4-8-14(12)18(22(2,20)21)11-15(19)17-13-7-5-9-16-10-13/h3-10H,11H2,1-2H3,(H,17,19). The lowest BCUT2D eigenvalue weighted by atomic mass is 10.2. The number of carbonyl (C=O) groups excluding carboxylic acids is 1. The Morgan fingerprint density at radius 3 is 2.55 bits per heavy atom. The molecule has 2 rings (SSSR count). The van der Waals surface area contributed by atoms with Gasteiger partial charge in [-0.15, -0.1) is 0 Å². The van der Waals surface area contributed by atoms with E-state index in [-0.39, 0.29) is 6.54 Å². The minimum Gasteiger partial charge on any atom is -0.323 e. The molecule has 0 bridgehead atoms. The summed E-state index contributed by atoms with van der Waals surface area (Å²) in [5.74, 6) is -0.429. The van der Waals surface area contributed by atoms with E-state index in [1.54, 1.807) is 43.5 Å². The second-order valence-corrected chi connectivity index (χ2v) is 6.75. The molecule has 0 aliphatic heterocycles. The number of amides is 1. The van der Waals surface area contributed by atoms with Crippen molar-refractivity contribution in [3.05, 3.63) is 54.4 Å². The summed E-state index contributed by atoms with van der Waals surface area (Å²) in [5, 5.41) is 2.63. The van der Waals surface area contributed by atoms with Gasteiger partial charge in [0.15, 0.2) is 0 Å². The Morgan fingerprint density at radius 2 is 1.95 bits per heavy atom. The van der Waals surface area contributed by atoms with E-state index in [1.807, 2.05) is 6.07 Å². The number of rotatable bonds is 5. The first kappa shape index (κ1) is 16.0. The first-order valence-corrected chi connectivity index (χ1v) is 8.46. The summed E-state index contributed by atoms with van der Waals surface area (Å²) in [6.45, 7) is 1.51. The summed E-state index contributed by atoms with van der Waals surface area (Å²) in [7, 11) is -3.57. The second kappa shape index (κ2) is 6.57. The molecule has 1 amide bonds. The van der Waals surface area contributed by atoms with Gasteiger partial charge in [0.25, 0.3) is 0 Å². The van der Waals surface area contributed by atoms with Crippen LogP contribution < -0.4 is 9.62 Å². The third-order valence-corrected chi connectivity index (χ3v) is 4.14. The van der Waals surface area contributed by atoms with Crippen LogP contribution in [0.4, 0.5) is 11.4 Å². The normalized spacial score (nSPS) is 11.0. The topological polar surface area (TPSA) is 79.4 Å². The summed E-state index contributed by atoms with van der Waals surface area (Å²) < 4.78 is 25.1. The van der Waals surface area contributed by atoms with Crippen LogP contribution in [0.3, 0.4) is 0 Å². The number of benzene rings is 1. The molecule has 1 aromatic heterocycles. The van der Waals surface area contributed by atoms with Crippen LogP contribution >= 0.6 is 0 Å². The van der Waals surface area contributed by atoms with Crippen LogP contribution in [0.5, 0.6) is 0 Å². The van der Waals surface area contributed by atoms with E-state index in [9.17, 15) is 13.2 Å². The van der Waals surface area contributed by atoms with Crippen molar-refractivity contribution in [1.82, 2.24) is 4.98 Å². The Hall–Kier alpha value is -2.41. The highest BCUT2D eigenvalue weighted by Gasteiger charge is 2.22. The Morgan fingerprint density at radius 1 is 1.23 bits per heavy atom. The number of sulfonamides is 1. The average molecular weight is 319 g/mol. The lowest BCUT2D eigenvalue weighted by Gasteiger charge is -2.23. The second-order valence-electron chi connectivity index (χ2n) is 4.85. The van der Waals surface area contributed by atoms with Gasteiger partial charge in [0.2, 0.25) is 15.9 Å². The summed E-state index contributed by atoms with van der Waals surface area (Å²) in [4.78, 5) is 16.0. The molecule has 1 N–H and O–H groups in total. The molecular weight excluding hydrogens is 302 g/mol. The van der Waals surface area contributed by atoms with E-state index in [0.717, 1.165) is 16.1 Å². The number of nitrogens with zero attached hydrogens (tertiary/aromatic N) is 2. The molecule has 1 aromatic carbocycles. The van der Waals surface area contributed by atoms with Gasteiger partial charge < -0.3 is 5.32 Å². The minimum atomic E-state index is -3.57. The predicted molar refractivity (Wildman–Crippen MR) is 86.2 cm³/mol. The molecule has 0 radical (unpaired) electrons. The smallest absolute Gasteiger partial charge is 0.245 e. The Labute approximate surface area is 129 Å². The quantitative estimate of drug-likeness (QED) is 0.911. The van der Waals surface area contributed by atoms with Gasteiger partial charge in [0.05, 0.1) is 23.8 Å². The summed E-state index contributed by atoms with van der Waals surface area (Å²) in [6, 6.07) is 10.4. The average Bonchev–Trinajstić information content (AvgIpc) is 2.46. The zero-order valence-electron chi connectivity index (χ0n) is 12.4. The SMILES string of the molecule is Cc1ccccc1N(CC(=O)Nc1cccnc1)S(C)(=O)=O. The van der Waals surface area contributed by atoms with E-state index < -0.39 is 15.9 Å². The Balaban J connectivity index is 2.22. The molecule has 0 aliphatic carbocycles. The number of hydrogen-bond acceptors (Lipinski definition) is 4. The number of hydrogen-bond donors (Lipinski definition) is 1. The number of carbonyl (C=O) groups is 1. The third-order valence-electron chi connectivity index (χ3n) is 3.02. The molecule has 6 nitrogen and oxygen atoms in total. The lowest BCUT2D eigenvalue weighted by Crippen LogP contribution is -2.37. The van der Waals surface area contributed by atoms with E-state index in [1.165, 1.54) is 6.20 Å². The van der Waals surface area contributed by atoms with Crippen molar-refractivity contribution in [2.45, 2.75) is 6.92 Å². The molecular formula is C15H17N3O3S. The molecule has 0 unspecified atom stereocenters. The van der Waals surface area contributed by atoms with Crippen LogP contribution in [0, 0.1) is 6.92 Å². The van der Waals surface area contributed by atoms with Crippen molar-refractivity contribution < 1.29 is 13.2 Å². The fraction of sp³-hybridized carbons (Fsp3) is 0.200. The summed E-state index contributed by atoms with van der Waals surface area (Å²) >= 11 is 0. The lowest BCUT2D eigenvalue weighted by molar-refractivity contribution is -0.114. The maximum Gasteiger partial charge on any atom is 0.245 e. The number of aromatic nitrogens is 1. The zero-order valence-corrected chi connectivity index (χ0v) is 13.2. The van der Waals surface area contributed by atoms with E-state index in [0.29, 0.717) is 11.4 Å². The van der Waals surface area contributed by atoms with Gasteiger partial charge in [-0.3, -0.25) is 14.1 Å². The summed E-state index contributed by atoms with van der Waals surface area (Å²) in [6.07, 6.45) is 4.17. The van der Waals surface area contributed by atoms with Crippen molar-refractivity contribution in [1.29, 1.82) is 0 Å². The largest absolute Gasteiger partial charge is 0.323 e. The molecule has 0 atom stereocenters. The number of anilines is 2. The summed E-state index contributed by atoms with van der Waals surface area (Å²) in [5.41, 5.74) is 1.79. The van der Waals surface area contributed by atoms with Crippen LogP contribution in [-0.2, 0) is 14.8 Å². The number of pyridine rings is 1. The van der Waals surface area contributed by atoms with Crippen molar-refractivity contribution >= 4 is 27.3 Å². The van der Waals surface area contributed by atoms with Crippen molar-refractivity contribution in [3.63, 3.8) is 0 Å². The van der Waals surface area contributed by atoms with Crippen molar-refractivity contribution in [2.75, 3.05) is 22.4 Å². The van der Waals surface area contributed by atoms with Gasteiger partial charge in [-0.2, -0.15) is 0 Å². The predicted octanol–water partition coefficient (Wildman–Crippen LogP) is 1.79. The molecule has 0 saturated heterocycles. The fourth-order valence-corrected chi connectivity index (χ4v) is 2.91. The van der Waals surface area contributed by atoms with Gasteiger partial charge in [0, 0.05) is 6.20 Å². The van der Waals surface area contributed by atoms with E-state index in [4.69, 9.17) is 0 Å². The molecule has 1 heterocycles. The molecule has 0 aliphatic rings. The molecule has 2 aromatic rings. The first-order valence-electron chi connectivity index (χ1n) is 6.61. The maximum atomic E-state index is 12.1. The highest BCUT2D eigenvalue weighted by Crippen LogP contribution is 2.21. The van der Waals surface area contributed by atoms with Crippen LogP contribution in [0.1, 0.15) is 5.56 Å². The van der Waals surface area contributed by atoms with Gasteiger partial charge in [-0.25, -0.2) is 8.42 Å². The van der Waals surface area contributed by atoms with Crippen LogP contribution in [-0.4, -0.2) is 32.1 Å². The van der Waals surface area contributed by atoms with Crippen LogP contribution in [0.2, 0.25) is 0 Å². The number of para-hydroxylation sites is 1. The molecule has 116 valence electrons. The number of aryl methyl sites for hydroxylation is 1. The Bertz CT molecular complexity index is 761. The molecule has 7 heteroatoms. The van der Waals surface area contributed by atoms with Gasteiger partial charge in [-0.1, -0.05) is 18.2 Å². The van der Waals surface area contributed by atoms with Gasteiger partial charge >= 0.3 is 0 Å². The number of nitrogens with one attached hydrogen (secondary N) is 1.